The highest BCUT2D eigenvalue weighted by molar-refractivity contribution is 5.39. The van der Waals surface area contributed by atoms with E-state index in [1.165, 1.54) is 12.1 Å². The third kappa shape index (κ3) is 2.87. The minimum atomic E-state index is -0.554. The fraction of sp³-hybridized carbons (Fsp3) is 0.200. The van der Waals surface area contributed by atoms with Crippen LogP contribution < -0.4 is 4.74 Å². The second-order valence-electron chi connectivity index (χ2n) is 4.02. The summed E-state index contributed by atoms with van der Waals surface area (Å²) < 4.78 is 18.5. The summed E-state index contributed by atoms with van der Waals surface area (Å²) in [5.41, 5.74) is 0.740. The number of aliphatic hydroxyl groups excluding tert-OH is 1. The molecule has 1 atom stereocenters. The topological polar surface area (TPSA) is 29.5 Å². The molecule has 0 heterocycles. The molecule has 0 saturated carbocycles. The van der Waals surface area contributed by atoms with E-state index in [-0.39, 0.29) is 5.82 Å². The van der Waals surface area contributed by atoms with Gasteiger partial charge in [-0.2, -0.15) is 0 Å². The van der Waals surface area contributed by atoms with E-state index in [1.807, 2.05) is 25.1 Å². The van der Waals surface area contributed by atoms with Gasteiger partial charge < -0.3 is 9.84 Å². The van der Waals surface area contributed by atoms with Gasteiger partial charge in [0.1, 0.15) is 17.3 Å². The van der Waals surface area contributed by atoms with Gasteiger partial charge in [-0.05, 0) is 36.8 Å². The zero-order chi connectivity index (χ0) is 13.0. The Morgan fingerprint density at radius 2 is 1.78 bits per heavy atom. The number of rotatable bonds is 4. The predicted octanol–water partition coefficient (Wildman–Crippen LogP) is 4.06. The van der Waals surface area contributed by atoms with Crippen molar-refractivity contribution in [1.29, 1.82) is 0 Å². The lowest BCUT2D eigenvalue weighted by atomic mass is 10.1. The van der Waals surface area contributed by atoms with Crippen molar-refractivity contribution >= 4 is 0 Å². The first-order valence-electron chi connectivity index (χ1n) is 5.91. The third-order valence-corrected chi connectivity index (χ3v) is 2.71. The molecule has 1 N–H and O–H groups in total. The van der Waals surface area contributed by atoms with Gasteiger partial charge in [0.25, 0.3) is 0 Å². The molecule has 0 fully saturated rings. The Hall–Kier alpha value is -1.87. The lowest BCUT2D eigenvalue weighted by Crippen LogP contribution is -1.98. The molecule has 94 valence electrons. The fourth-order valence-corrected chi connectivity index (χ4v) is 1.70. The van der Waals surface area contributed by atoms with E-state index < -0.39 is 6.10 Å². The predicted molar refractivity (Wildman–Crippen MR) is 68.2 cm³/mol. The summed E-state index contributed by atoms with van der Waals surface area (Å²) in [7, 11) is 0. The van der Waals surface area contributed by atoms with Crippen molar-refractivity contribution in [1.82, 2.24) is 0 Å². The highest BCUT2D eigenvalue weighted by Gasteiger charge is 2.11. The molecule has 2 aromatic carbocycles. The van der Waals surface area contributed by atoms with Crippen molar-refractivity contribution in [3.8, 4) is 11.5 Å². The molecule has 0 aromatic heterocycles. The first-order chi connectivity index (χ1) is 8.70. The van der Waals surface area contributed by atoms with Crippen LogP contribution in [0.5, 0.6) is 11.5 Å². The third-order valence-electron chi connectivity index (χ3n) is 2.71. The zero-order valence-electron chi connectivity index (χ0n) is 10.1. The lowest BCUT2D eigenvalue weighted by molar-refractivity contribution is 0.170. The van der Waals surface area contributed by atoms with Gasteiger partial charge in [-0.25, -0.2) is 4.39 Å². The maximum atomic E-state index is 12.8. The van der Waals surface area contributed by atoms with Crippen LogP contribution in [0.4, 0.5) is 4.39 Å². The molecule has 0 aliphatic rings. The Kier molecular flexibility index (Phi) is 3.95. The van der Waals surface area contributed by atoms with Crippen LogP contribution in [-0.2, 0) is 0 Å². The summed E-state index contributed by atoms with van der Waals surface area (Å²) in [6, 6.07) is 13.1. The second kappa shape index (κ2) is 5.65. The van der Waals surface area contributed by atoms with Gasteiger partial charge in [-0.15, -0.1) is 0 Å². The Labute approximate surface area is 106 Å². The number of halogens is 1. The Morgan fingerprint density at radius 1 is 1.11 bits per heavy atom. The number of benzene rings is 2. The molecule has 0 bridgehead atoms. The summed E-state index contributed by atoms with van der Waals surface area (Å²) >= 11 is 0. The molecule has 0 aliphatic carbocycles. The standard InChI is InChI=1S/C15H15FO2/c1-2-14(17)13-5-3-4-6-15(13)18-12-9-7-11(16)8-10-12/h3-10,14,17H,2H2,1H3. The van der Waals surface area contributed by atoms with Crippen LogP contribution in [0, 0.1) is 5.82 Å². The average molecular weight is 246 g/mol. The highest BCUT2D eigenvalue weighted by atomic mass is 19.1. The fourth-order valence-electron chi connectivity index (χ4n) is 1.70. The molecular weight excluding hydrogens is 231 g/mol. The molecule has 18 heavy (non-hydrogen) atoms. The Balaban J connectivity index is 2.26. The van der Waals surface area contributed by atoms with Crippen molar-refractivity contribution in [3.63, 3.8) is 0 Å². The van der Waals surface area contributed by atoms with Crippen LogP contribution in [0.1, 0.15) is 25.0 Å². The van der Waals surface area contributed by atoms with Gasteiger partial charge in [0, 0.05) is 5.56 Å². The number of hydrogen-bond acceptors (Lipinski definition) is 2. The zero-order valence-corrected chi connectivity index (χ0v) is 10.1. The van der Waals surface area contributed by atoms with Crippen LogP contribution >= 0.6 is 0 Å². The molecule has 3 heteroatoms. The van der Waals surface area contributed by atoms with Crippen molar-refractivity contribution in [2.75, 3.05) is 0 Å². The van der Waals surface area contributed by atoms with Crippen LogP contribution in [0.15, 0.2) is 48.5 Å². The van der Waals surface area contributed by atoms with Gasteiger partial charge in [-0.3, -0.25) is 0 Å². The molecule has 0 spiro atoms. The molecular formula is C15H15FO2. The van der Waals surface area contributed by atoms with Crippen LogP contribution in [0.3, 0.4) is 0 Å². The SMILES string of the molecule is CCC(O)c1ccccc1Oc1ccc(F)cc1. The van der Waals surface area contributed by atoms with Gasteiger partial charge >= 0.3 is 0 Å². The van der Waals surface area contributed by atoms with Crippen LogP contribution in [-0.4, -0.2) is 5.11 Å². The molecule has 0 amide bonds. The molecule has 1 unspecified atom stereocenters. The number of ether oxygens (including phenoxy) is 1. The Morgan fingerprint density at radius 3 is 2.44 bits per heavy atom. The van der Waals surface area contributed by atoms with Crippen molar-refractivity contribution < 1.29 is 14.2 Å². The summed E-state index contributed by atoms with van der Waals surface area (Å²) in [5, 5.41) is 9.89. The Bertz CT molecular complexity index is 508. The first-order valence-corrected chi connectivity index (χ1v) is 5.91. The minimum Gasteiger partial charge on any atom is -0.457 e. The normalized spacial score (nSPS) is 12.2. The van der Waals surface area contributed by atoms with Crippen molar-refractivity contribution in [2.24, 2.45) is 0 Å². The quantitative estimate of drug-likeness (QED) is 0.881. The minimum absolute atomic E-state index is 0.302. The van der Waals surface area contributed by atoms with Crippen molar-refractivity contribution in [2.45, 2.75) is 19.4 Å². The molecule has 0 saturated heterocycles. The maximum absolute atomic E-state index is 12.8. The van der Waals surface area contributed by atoms with Crippen LogP contribution in [0.25, 0.3) is 0 Å². The van der Waals surface area contributed by atoms with Crippen molar-refractivity contribution in [3.05, 3.63) is 59.9 Å². The molecule has 2 rings (SSSR count). The summed E-state index contributed by atoms with van der Waals surface area (Å²) in [6.07, 6.45) is 0.0608. The van der Waals surface area contributed by atoms with Gasteiger partial charge in [0.2, 0.25) is 0 Å². The molecule has 0 radical (unpaired) electrons. The smallest absolute Gasteiger partial charge is 0.133 e. The summed E-state index contributed by atoms with van der Waals surface area (Å²) in [5.74, 6) is 0.842. The first kappa shape index (κ1) is 12.6. The highest BCUT2D eigenvalue weighted by Crippen LogP contribution is 2.30. The van der Waals surface area contributed by atoms with E-state index in [0.717, 1.165) is 5.56 Å². The van der Waals surface area contributed by atoms with Gasteiger partial charge in [0.05, 0.1) is 6.10 Å². The summed E-state index contributed by atoms with van der Waals surface area (Å²) in [6.45, 7) is 1.90. The monoisotopic (exact) mass is 246 g/mol. The van der Waals surface area contributed by atoms with E-state index in [9.17, 15) is 9.50 Å². The van der Waals surface area contributed by atoms with E-state index in [1.54, 1.807) is 18.2 Å². The number of aliphatic hydroxyl groups is 1. The largest absolute Gasteiger partial charge is 0.457 e. The van der Waals surface area contributed by atoms with Crippen LogP contribution in [0.2, 0.25) is 0 Å². The number of para-hydroxylation sites is 1. The summed E-state index contributed by atoms with van der Waals surface area (Å²) in [4.78, 5) is 0. The van der Waals surface area contributed by atoms with E-state index in [0.29, 0.717) is 17.9 Å². The number of hydrogen-bond donors (Lipinski definition) is 1. The second-order valence-corrected chi connectivity index (χ2v) is 4.02. The molecule has 0 aliphatic heterocycles. The van der Waals surface area contributed by atoms with Gasteiger partial charge in [-0.1, -0.05) is 25.1 Å². The lowest BCUT2D eigenvalue weighted by Gasteiger charge is -2.14. The maximum Gasteiger partial charge on any atom is 0.133 e. The average Bonchev–Trinajstić information content (AvgIpc) is 2.41. The van der Waals surface area contributed by atoms with E-state index in [4.69, 9.17) is 4.74 Å². The van der Waals surface area contributed by atoms with E-state index >= 15 is 0 Å². The molecule has 2 nitrogen and oxygen atoms in total. The van der Waals surface area contributed by atoms with Gasteiger partial charge in [0.15, 0.2) is 0 Å². The van der Waals surface area contributed by atoms with E-state index in [2.05, 4.69) is 0 Å². The molecule has 2 aromatic rings.